The fourth-order valence-corrected chi connectivity index (χ4v) is 3.57. The molecule has 2 heterocycles. The van der Waals surface area contributed by atoms with Crippen molar-refractivity contribution in [2.75, 3.05) is 18.5 Å². The smallest absolute Gasteiger partial charge is 0.327 e. The van der Waals surface area contributed by atoms with E-state index in [1.165, 1.54) is 0 Å². The molecule has 3 aromatic rings. The third kappa shape index (κ3) is 3.83. The summed E-state index contributed by atoms with van der Waals surface area (Å²) >= 11 is 0. The first-order chi connectivity index (χ1) is 12.2. The quantitative estimate of drug-likeness (QED) is 0.499. The zero-order valence-corrected chi connectivity index (χ0v) is 17.5. The van der Waals surface area contributed by atoms with Gasteiger partial charge in [0.25, 0.3) is 0 Å². The lowest BCUT2D eigenvalue weighted by atomic mass is 10.2. The summed E-state index contributed by atoms with van der Waals surface area (Å²) in [4.78, 5) is 0. The maximum atomic E-state index is 6.21. The van der Waals surface area contributed by atoms with E-state index in [9.17, 15) is 0 Å². The normalized spacial score (nSPS) is 12.7. The predicted molar refractivity (Wildman–Crippen MR) is 108 cm³/mol. The second-order valence-corrected chi connectivity index (χ2v) is 12.9. The molecule has 0 saturated heterocycles. The highest BCUT2D eigenvalue weighted by Crippen LogP contribution is 2.36. The number of hydrogen-bond donors (Lipinski definition) is 1. The maximum Gasteiger partial charge on any atom is 0.327 e. The first-order valence-electron chi connectivity index (χ1n) is 8.97. The number of rotatable bonds is 6. The van der Waals surface area contributed by atoms with Gasteiger partial charge in [-0.1, -0.05) is 25.9 Å². The van der Waals surface area contributed by atoms with E-state index >= 15 is 0 Å². The summed E-state index contributed by atoms with van der Waals surface area (Å²) < 4.78 is 13.6. The van der Waals surface area contributed by atoms with Gasteiger partial charge >= 0.3 is 6.01 Å². The lowest BCUT2D eigenvalue weighted by Crippen LogP contribution is -2.41. The highest BCUT2D eigenvalue weighted by atomic mass is 28.4. The summed E-state index contributed by atoms with van der Waals surface area (Å²) in [6.07, 6.45) is 1.95. The van der Waals surface area contributed by atoms with Crippen molar-refractivity contribution in [3.05, 3.63) is 36.4 Å². The molecule has 0 fully saturated rings. The monoisotopic (exact) mass is 372 g/mol. The van der Waals surface area contributed by atoms with E-state index in [1.807, 2.05) is 16.8 Å². The Bertz CT molecular complexity index is 892. The molecule has 0 bridgehead atoms. The third-order valence-corrected chi connectivity index (χ3v) is 9.65. The number of nitrogens with one attached hydrogen (secondary N) is 1. The number of aromatic nitrogens is 3. The summed E-state index contributed by atoms with van der Waals surface area (Å²) in [7, 11) is -1.69. The molecule has 0 unspecified atom stereocenters. The lowest BCUT2D eigenvalue weighted by Gasteiger charge is -2.36. The van der Waals surface area contributed by atoms with Gasteiger partial charge in [-0.2, -0.15) is 0 Å². The van der Waals surface area contributed by atoms with Crippen molar-refractivity contribution in [3.8, 4) is 6.01 Å². The van der Waals surface area contributed by atoms with Crippen LogP contribution in [0, 0.1) is 6.92 Å². The summed E-state index contributed by atoms with van der Waals surface area (Å²) in [6.45, 7) is 14.6. The van der Waals surface area contributed by atoms with Crippen molar-refractivity contribution >= 4 is 24.9 Å². The minimum atomic E-state index is -1.69. The first kappa shape index (κ1) is 18.7. The van der Waals surface area contributed by atoms with Crippen LogP contribution in [0.3, 0.4) is 0 Å². The van der Waals surface area contributed by atoms with Crippen molar-refractivity contribution in [2.45, 2.75) is 45.8 Å². The second-order valence-electron chi connectivity index (χ2n) is 8.10. The molecule has 0 amide bonds. The molecular formula is C19H28N4O2Si. The molecule has 3 rings (SSSR count). The Morgan fingerprint density at radius 3 is 2.62 bits per heavy atom. The van der Waals surface area contributed by atoms with Gasteiger partial charge in [-0.3, -0.25) is 4.57 Å². The Kier molecular flexibility index (Phi) is 4.94. The van der Waals surface area contributed by atoms with E-state index in [2.05, 4.69) is 67.6 Å². The molecule has 0 aliphatic carbocycles. The number of benzene rings is 1. The number of hydrogen-bond acceptors (Lipinski definition) is 5. The molecule has 2 aromatic heterocycles. The molecule has 0 atom stereocenters. The van der Waals surface area contributed by atoms with Crippen LogP contribution in [0.5, 0.6) is 0 Å². The van der Waals surface area contributed by atoms with Crippen LogP contribution >= 0.6 is 0 Å². The molecule has 7 heteroatoms. The molecular weight excluding hydrogens is 344 g/mol. The zero-order valence-electron chi connectivity index (χ0n) is 16.5. The third-order valence-electron chi connectivity index (χ3n) is 5.11. The standard InChI is InChI=1S/C19H28N4O2Si/c1-14-21-22-18(25-14)23-11-9-15-13-16(7-8-17(15)23)20-10-12-24-26(5,6)19(2,3)4/h7-9,11,13,20H,10,12H2,1-6H3. The van der Waals surface area contributed by atoms with Gasteiger partial charge < -0.3 is 14.2 Å². The molecule has 0 spiro atoms. The average Bonchev–Trinajstić information content (AvgIpc) is 3.16. The molecule has 0 aliphatic rings. The van der Waals surface area contributed by atoms with Crippen LogP contribution in [0.2, 0.25) is 18.1 Å². The Morgan fingerprint density at radius 1 is 1.19 bits per heavy atom. The Labute approximate surface area is 155 Å². The van der Waals surface area contributed by atoms with Gasteiger partial charge in [-0.15, -0.1) is 5.10 Å². The SMILES string of the molecule is Cc1nnc(-n2ccc3cc(NCCO[Si](C)(C)C(C)(C)C)ccc32)o1. The minimum absolute atomic E-state index is 0.238. The molecule has 1 N–H and O–H groups in total. The van der Waals surface area contributed by atoms with Crippen LogP contribution in [0.15, 0.2) is 34.9 Å². The maximum absolute atomic E-state index is 6.21. The molecule has 1 aromatic carbocycles. The Morgan fingerprint density at radius 2 is 1.96 bits per heavy atom. The largest absolute Gasteiger partial charge is 0.415 e. The topological polar surface area (TPSA) is 65.1 Å². The van der Waals surface area contributed by atoms with E-state index < -0.39 is 8.32 Å². The average molecular weight is 373 g/mol. The van der Waals surface area contributed by atoms with E-state index in [4.69, 9.17) is 8.84 Å². The van der Waals surface area contributed by atoms with Crippen molar-refractivity contribution in [3.63, 3.8) is 0 Å². The van der Waals surface area contributed by atoms with Gasteiger partial charge in [-0.05, 0) is 42.4 Å². The van der Waals surface area contributed by atoms with Crippen molar-refractivity contribution in [2.24, 2.45) is 0 Å². The molecule has 0 radical (unpaired) electrons. The summed E-state index contributed by atoms with van der Waals surface area (Å²) in [5, 5.41) is 12.8. The molecule has 0 saturated carbocycles. The van der Waals surface area contributed by atoms with Crippen molar-refractivity contribution in [1.82, 2.24) is 14.8 Å². The molecule has 0 aliphatic heterocycles. The lowest BCUT2D eigenvalue weighted by molar-refractivity contribution is 0.301. The van der Waals surface area contributed by atoms with E-state index in [0.29, 0.717) is 11.9 Å². The van der Waals surface area contributed by atoms with Crippen LogP contribution in [-0.2, 0) is 4.43 Å². The Balaban J connectivity index is 1.64. The molecule has 140 valence electrons. The van der Waals surface area contributed by atoms with Gasteiger partial charge in [0.15, 0.2) is 8.32 Å². The number of nitrogens with zero attached hydrogens (tertiary/aromatic N) is 3. The van der Waals surface area contributed by atoms with Gasteiger partial charge in [-0.25, -0.2) is 0 Å². The van der Waals surface area contributed by atoms with Crippen LogP contribution in [0.4, 0.5) is 5.69 Å². The summed E-state index contributed by atoms with van der Waals surface area (Å²) in [5.74, 6) is 0.557. The highest BCUT2D eigenvalue weighted by Gasteiger charge is 2.36. The van der Waals surface area contributed by atoms with Crippen molar-refractivity contribution < 1.29 is 8.84 Å². The van der Waals surface area contributed by atoms with Crippen LogP contribution in [0.25, 0.3) is 16.9 Å². The van der Waals surface area contributed by atoms with E-state index in [1.54, 1.807) is 6.92 Å². The fraction of sp³-hybridized carbons (Fsp3) is 0.474. The number of aryl methyl sites for hydroxylation is 1. The fourth-order valence-electron chi connectivity index (χ4n) is 2.52. The summed E-state index contributed by atoms with van der Waals surface area (Å²) in [5.41, 5.74) is 2.12. The van der Waals surface area contributed by atoms with Gasteiger partial charge in [0.1, 0.15) is 0 Å². The van der Waals surface area contributed by atoms with Gasteiger partial charge in [0.2, 0.25) is 5.89 Å². The zero-order chi connectivity index (χ0) is 18.9. The van der Waals surface area contributed by atoms with Gasteiger partial charge in [0, 0.05) is 30.7 Å². The van der Waals surface area contributed by atoms with E-state index in [-0.39, 0.29) is 5.04 Å². The van der Waals surface area contributed by atoms with Crippen LogP contribution < -0.4 is 5.32 Å². The molecule has 26 heavy (non-hydrogen) atoms. The summed E-state index contributed by atoms with van der Waals surface area (Å²) in [6, 6.07) is 8.79. The molecule has 6 nitrogen and oxygen atoms in total. The van der Waals surface area contributed by atoms with Gasteiger partial charge in [0.05, 0.1) is 12.1 Å². The predicted octanol–water partition coefficient (Wildman–Crippen LogP) is 4.76. The van der Waals surface area contributed by atoms with Crippen molar-refractivity contribution in [1.29, 1.82) is 0 Å². The highest BCUT2D eigenvalue weighted by molar-refractivity contribution is 6.74. The number of anilines is 1. The van der Waals surface area contributed by atoms with Crippen LogP contribution in [0.1, 0.15) is 26.7 Å². The second kappa shape index (κ2) is 6.89. The number of fused-ring (bicyclic) bond motifs is 1. The Hall–Kier alpha value is -2.12. The van der Waals surface area contributed by atoms with E-state index in [0.717, 1.165) is 29.7 Å². The first-order valence-corrected chi connectivity index (χ1v) is 11.9. The minimum Gasteiger partial charge on any atom is -0.415 e. The van der Waals surface area contributed by atoms with Crippen LogP contribution in [-0.4, -0.2) is 36.2 Å².